The van der Waals surface area contributed by atoms with Crippen molar-refractivity contribution < 1.29 is 18.8 Å². The number of halogens is 1. The summed E-state index contributed by atoms with van der Waals surface area (Å²) in [5.74, 6) is -0.175. The van der Waals surface area contributed by atoms with Crippen molar-refractivity contribution in [1.82, 2.24) is 9.88 Å². The van der Waals surface area contributed by atoms with Crippen LogP contribution in [-0.2, 0) is 9.59 Å². The average molecular weight is 426 g/mol. The lowest BCUT2D eigenvalue weighted by Gasteiger charge is -2.35. The lowest BCUT2D eigenvalue weighted by molar-refractivity contribution is -0.124. The lowest BCUT2D eigenvalue weighted by Crippen LogP contribution is -2.47. The molecule has 0 spiro atoms. The Hall–Kier alpha value is -3.13. The zero-order chi connectivity index (χ0) is 22.4. The molecule has 2 heterocycles. The summed E-state index contributed by atoms with van der Waals surface area (Å²) in [6.45, 7) is 6.87. The first kappa shape index (κ1) is 22.6. The van der Waals surface area contributed by atoms with E-state index in [1.807, 2.05) is 6.07 Å². The predicted octanol–water partition coefficient (Wildman–Crippen LogP) is 2.91. The number of carbonyl (C=O) groups excluding carboxylic acids is 3. The maximum atomic E-state index is 13.0. The molecule has 0 unspecified atom stereocenters. The first-order chi connectivity index (χ1) is 14.8. The molecule has 1 aromatic carbocycles. The van der Waals surface area contributed by atoms with Crippen LogP contribution < -0.4 is 9.80 Å². The molecule has 8 heteroatoms. The van der Waals surface area contributed by atoms with Gasteiger partial charge in [-0.2, -0.15) is 0 Å². The van der Waals surface area contributed by atoms with Gasteiger partial charge < -0.3 is 4.90 Å². The number of imide groups is 1. The molecule has 2 amide bonds. The average Bonchev–Trinajstić information content (AvgIpc) is 2.75. The minimum Gasteiger partial charge on any atom is -0.354 e. The Labute approximate surface area is 181 Å². The van der Waals surface area contributed by atoms with Gasteiger partial charge in [-0.05, 0) is 49.4 Å². The highest BCUT2D eigenvalue weighted by atomic mass is 19.1. The summed E-state index contributed by atoms with van der Waals surface area (Å²) in [4.78, 5) is 45.5. The maximum absolute atomic E-state index is 13.0. The molecule has 0 saturated carbocycles. The van der Waals surface area contributed by atoms with E-state index in [0.717, 1.165) is 49.9 Å². The molecule has 0 bridgehead atoms. The van der Waals surface area contributed by atoms with Crippen molar-refractivity contribution in [2.45, 2.75) is 26.7 Å². The fraction of sp³-hybridized carbons (Fsp3) is 0.391. The van der Waals surface area contributed by atoms with Crippen molar-refractivity contribution in [3.05, 3.63) is 54.0 Å². The van der Waals surface area contributed by atoms with Crippen molar-refractivity contribution in [3.63, 3.8) is 0 Å². The topological polar surface area (TPSA) is 73.8 Å². The standard InChI is InChI=1S/C23H27FN4O3/c1-17(29)28(18(2)30)21-9-10-23(25-16-21)27-14-12-26(13-15-27)11-3-4-22(31)19-5-7-20(24)8-6-19/h5-10,16H,3-4,11-15H2,1-2H3. The van der Waals surface area contributed by atoms with Gasteiger partial charge in [0.2, 0.25) is 11.8 Å². The van der Waals surface area contributed by atoms with E-state index in [4.69, 9.17) is 0 Å². The van der Waals surface area contributed by atoms with Gasteiger partial charge in [-0.25, -0.2) is 14.3 Å². The number of anilines is 2. The molecule has 0 atom stereocenters. The van der Waals surface area contributed by atoms with Crippen molar-refractivity contribution in [3.8, 4) is 0 Å². The molecule has 1 fully saturated rings. The predicted molar refractivity (Wildman–Crippen MR) is 117 cm³/mol. The fourth-order valence-electron chi connectivity index (χ4n) is 3.73. The number of amides is 2. The number of benzene rings is 1. The molecule has 164 valence electrons. The van der Waals surface area contributed by atoms with Crippen LogP contribution in [0, 0.1) is 5.82 Å². The molecule has 3 rings (SSSR count). The molecule has 1 saturated heterocycles. The third-order valence-electron chi connectivity index (χ3n) is 5.36. The van der Waals surface area contributed by atoms with Gasteiger partial charge in [0.25, 0.3) is 0 Å². The van der Waals surface area contributed by atoms with Crippen LogP contribution in [0.1, 0.15) is 37.0 Å². The highest BCUT2D eigenvalue weighted by Crippen LogP contribution is 2.20. The van der Waals surface area contributed by atoms with Crippen LogP contribution in [0.2, 0.25) is 0 Å². The molecular formula is C23H27FN4O3. The second-order valence-corrected chi connectivity index (χ2v) is 7.61. The minimum absolute atomic E-state index is 0.0353. The van der Waals surface area contributed by atoms with Gasteiger partial charge in [-0.1, -0.05) is 0 Å². The van der Waals surface area contributed by atoms with Gasteiger partial charge in [0.15, 0.2) is 5.78 Å². The first-order valence-corrected chi connectivity index (χ1v) is 10.4. The Bertz CT molecular complexity index is 909. The van der Waals surface area contributed by atoms with Gasteiger partial charge in [-0.15, -0.1) is 0 Å². The van der Waals surface area contributed by atoms with E-state index in [-0.39, 0.29) is 23.4 Å². The van der Waals surface area contributed by atoms with Crippen LogP contribution in [0.3, 0.4) is 0 Å². The van der Waals surface area contributed by atoms with E-state index >= 15 is 0 Å². The number of rotatable bonds is 7. The van der Waals surface area contributed by atoms with E-state index in [9.17, 15) is 18.8 Å². The largest absolute Gasteiger partial charge is 0.354 e. The van der Waals surface area contributed by atoms with Crippen LogP contribution in [-0.4, -0.2) is 60.2 Å². The highest BCUT2D eigenvalue weighted by Gasteiger charge is 2.20. The normalized spacial score (nSPS) is 14.4. The SMILES string of the molecule is CC(=O)N(C(C)=O)c1ccc(N2CCN(CCCC(=O)c3ccc(F)cc3)CC2)nc1. The summed E-state index contributed by atoms with van der Waals surface area (Å²) < 4.78 is 13.0. The molecule has 1 aliphatic rings. The Kier molecular flexibility index (Phi) is 7.46. The lowest BCUT2D eigenvalue weighted by atomic mass is 10.1. The number of aromatic nitrogens is 1. The Balaban J connectivity index is 1.45. The Morgan fingerprint density at radius 3 is 2.16 bits per heavy atom. The summed E-state index contributed by atoms with van der Waals surface area (Å²) >= 11 is 0. The van der Waals surface area contributed by atoms with E-state index in [1.54, 1.807) is 12.3 Å². The number of hydrogen-bond acceptors (Lipinski definition) is 6. The smallest absolute Gasteiger partial charge is 0.230 e. The number of piperazine rings is 1. The molecular weight excluding hydrogens is 399 g/mol. The molecule has 1 aliphatic heterocycles. The van der Waals surface area contributed by atoms with E-state index in [0.29, 0.717) is 17.7 Å². The van der Waals surface area contributed by atoms with Crippen LogP contribution >= 0.6 is 0 Å². The zero-order valence-corrected chi connectivity index (χ0v) is 17.9. The number of Topliss-reactive ketones (excluding diaryl/α,β-unsaturated/α-hetero) is 1. The van der Waals surface area contributed by atoms with Gasteiger partial charge in [0, 0.05) is 52.0 Å². The van der Waals surface area contributed by atoms with Crippen LogP contribution in [0.25, 0.3) is 0 Å². The monoisotopic (exact) mass is 426 g/mol. The summed E-state index contributed by atoms with van der Waals surface area (Å²) in [5.41, 5.74) is 1.02. The molecule has 7 nitrogen and oxygen atoms in total. The molecule has 0 radical (unpaired) electrons. The quantitative estimate of drug-likeness (QED) is 0.634. The first-order valence-electron chi connectivity index (χ1n) is 10.4. The third kappa shape index (κ3) is 5.95. The van der Waals surface area contributed by atoms with Gasteiger partial charge >= 0.3 is 0 Å². The Morgan fingerprint density at radius 2 is 1.61 bits per heavy atom. The van der Waals surface area contributed by atoms with Crippen LogP contribution in [0.5, 0.6) is 0 Å². The van der Waals surface area contributed by atoms with Crippen LogP contribution in [0.15, 0.2) is 42.6 Å². The number of carbonyl (C=O) groups is 3. The maximum Gasteiger partial charge on any atom is 0.230 e. The number of ketones is 1. The van der Waals surface area contributed by atoms with Crippen LogP contribution in [0.4, 0.5) is 15.9 Å². The summed E-state index contributed by atoms with van der Waals surface area (Å²) in [6.07, 6.45) is 2.75. The van der Waals surface area contributed by atoms with Gasteiger partial charge in [0.05, 0.1) is 11.9 Å². The van der Waals surface area contributed by atoms with E-state index < -0.39 is 0 Å². The number of nitrogens with zero attached hydrogens (tertiary/aromatic N) is 4. The second-order valence-electron chi connectivity index (χ2n) is 7.61. The summed E-state index contributed by atoms with van der Waals surface area (Å²) in [7, 11) is 0. The fourth-order valence-corrected chi connectivity index (χ4v) is 3.73. The molecule has 2 aromatic rings. The molecule has 1 aromatic heterocycles. The van der Waals surface area contributed by atoms with Crippen molar-refractivity contribution in [2.24, 2.45) is 0 Å². The van der Waals surface area contributed by atoms with Crippen molar-refractivity contribution in [2.75, 3.05) is 42.5 Å². The molecule has 31 heavy (non-hydrogen) atoms. The van der Waals surface area contributed by atoms with E-state index in [2.05, 4.69) is 14.8 Å². The van der Waals surface area contributed by atoms with Crippen molar-refractivity contribution in [1.29, 1.82) is 0 Å². The van der Waals surface area contributed by atoms with Gasteiger partial charge in [0.1, 0.15) is 11.6 Å². The number of hydrogen-bond donors (Lipinski definition) is 0. The third-order valence-corrected chi connectivity index (χ3v) is 5.36. The zero-order valence-electron chi connectivity index (χ0n) is 17.9. The highest BCUT2D eigenvalue weighted by molar-refractivity contribution is 6.13. The summed E-state index contributed by atoms with van der Waals surface area (Å²) in [5, 5.41) is 0. The summed E-state index contributed by atoms with van der Waals surface area (Å²) in [6, 6.07) is 9.24. The number of pyridine rings is 1. The molecule has 0 N–H and O–H groups in total. The minimum atomic E-state index is -0.339. The van der Waals surface area contributed by atoms with E-state index in [1.165, 1.54) is 38.1 Å². The van der Waals surface area contributed by atoms with Crippen molar-refractivity contribution >= 4 is 29.1 Å². The molecule has 0 aliphatic carbocycles. The van der Waals surface area contributed by atoms with Gasteiger partial charge in [-0.3, -0.25) is 19.3 Å². The Morgan fingerprint density at radius 1 is 0.968 bits per heavy atom. The second kappa shape index (κ2) is 10.3.